The average molecular weight is 295 g/mol. The van der Waals surface area contributed by atoms with Crippen LogP contribution in [0.3, 0.4) is 0 Å². The number of rotatable bonds is 8. The zero-order valence-electron chi connectivity index (χ0n) is 14.6. The lowest BCUT2D eigenvalue weighted by molar-refractivity contribution is -0.0222. The summed E-state index contributed by atoms with van der Waals surface area (Å²) >= 11 is 0. The van der Waals surface area contributed by atoms with Gasteiger partial charge in [-0.05, 0) is 51.5 Å². The van der Waals surface area contributed by atoms with Crippen LogP contribution in [0.5, 0.6) is 0 Å². The Bertz CT molecular complexity index is 289. The van der Waals surface area contributed by atoms with E-state index >= 15 is 0 Å². The second-order valence-electron chi connectivity index (χ2n) is 7.81. The maximum atomic E-state index is 6.26. The van der Waals surface area contributed by atoms with Gasteiger partial charge in [-0.1, -0.05) is 51.9 Å². The Morgan fingerprint density at radius 3 is 2.48 bits per heavy atom. The zero-order valence-corrected chi connectivity index (χ0v) is 14.6. The van der Waals surface area contributed by atoms with E-state index in [1.54, 1.807) is 0 Å². The van der Waals surface area contributed by atoms with Crippen molar-refractivity contribution in [1.82, 2.24) is 4.90 Å². The van der Waals surface area contributed by atoms with Gasteiger partial charge in [0.05, 0.1) is 0 Å². The first kappa shape index (κ1) is 17.3. The number of nitrogens with zero attached hydrogens (tertiary/aromatic N) is 1. The summed E-state index contributed by atoms with van der Waals surface area (Å²) in [6.45, 7) is 6.87. The van der Waals surface area contributed by atoms with E-state index in [1.165, 1.54) is 83.6 Å². The minimum absolute atomic E-state index is 0.257. The molecule has 1 aliphatic carbocycles. The van der Waals surface area contributed by atoms with Crippen molar-refractivity contribution in [1.29, 1.82) is 0 Å². The van der Waals surface area contributed by atoms with Crippen LogP contribution in [0.15, 0.2) is 0 Å². The van der Waals surface area contributed by atoms with Crippen LogP contribution < -0.4 is 5.73 Å². The number of nitrogens with two attached hydrogens (primary N) is 1. The highest BCUT2D eigenvalue weighted by atomic mass is 15.2. The molecule has 0 radical (unpaired) electrons. The highest BCUT2D eigenvalue weighted by Crippen LogP contribution is 2.39. The smallest absolute Gasteiger partial charge is 0.0306 e. The molecular weight excluding hydrogens is 256 g/mol. The lowest BCUT2D eigenvalue weighted by atomic mass is 9.75. The Kier molecular flexibility index (Phi) is 7.01. The molecule has 0 bridgehead atoms. The summed E-state index contributed by atoms with van der Waals surface area (Å²) in [5.74, 6) is 0.971. The highest BCUT2D eigenvalue weighted by Gasteiger charge is 2.41. The first-order valence-corrected chi connectivity index (χ1v) is 9.68. The van der Waals surface area contributed by atoms with Gasteiger partial charge in [-0.3, -0.25) is 4.90 Å². The molecule has 0 aromatic carbocycles. The topological polar surface area (TPSA) is 29.3 Å². The summed E-state index contributed by atoms with van der Waals surface area (Å²) in [7, 11) is 0. The Balaban J connectivity index is 1.90. The molecule has 0 spiro atoms. The van der Waals surface area contributed by atoms with Crippen LogP contribution in [0.1, 0.15) is 90.9 Å². The molecule has 21 heavy (non-hydrogen) atoms. The zero-order chi connectivity index (χ0) is 15.1. The summed E-state index contributed by atoms with van der Waals surface area (Å²) in [6.07, 6.45) is 16.9. The first-order chi connectivity index (χ1) is 10.2. The van der Waals surface area contributed by atoms with Gasteiger partial charge in [0.1, 0.15) is 0 Å². The molecule has 1 heterocycles. The molecule has 2 fully saturated rings. The summed E-state index contributed by atoms with van der Waals surface area (Å²) in [5.41, 5.74) is 6.52. The number of piperidine rings is 1. The van der Waals surface area contributed by atoms with Gasteiger partial charge >= 0.3 is 0 Å². The SMILES string of the molecule is CCCCCCCC(C)(CN)N1CCCC2CCCCC21. The monoisotopic (exact) mass is 294 g/mol. The molecule has 3 atom stereocenters. The van der Waals surface area contributed by atoms with Gasteiger partial charge < -0.3 is 5.73 Å². The summed E-state index contributed by atoms with van der Waals surface area (Å²) in [4.78, 5) is 2.85. The molecule has 2 nitrogen and oxygen atoms in total. The fourth-order valence-corrected chi connectivity index (χ4v) is 4.77. The number of hydrogen-bond donors (Lipinski definition) is 1. The van der Waals surface area contributed by atoms with Gasteiger partial charge in [-0.15, -0.1) is 0 Å². The third-order valence-corrected chi connectivity index (χ3v) is 6.20. The van der Waals surface area contributed by atoms with Crippen molar-refractivity contribution in [3.05, 3.63) is 0 Å². The molecule has 1 saturated heterocycles. The Hall–Kier alpha value is -0.0800. The average Bonchev–Trinajstić information content (AvgIpc) is 2.54. The van der Waals surface area contributed by atoms with E-state index in [0.717, 1.165) is 18.5 Å². The second-order valence-corrected chi connectivity index (χ2v) is 7.81. The molecule has 0 aromatic heterocycles. The van der Waals surface area contributed by atoms with Crippen LogP contribution in [-0.4, -0.2) is 29.6 Å². The van der Waals surface area contributed by atoms with Gasteiger partial charge in [-0.25, -0.2) is 0 Å². The van der Waals surface area contributed by atoms with Crippen molar-refractivity contribution in [2.75, 3.05) is 13.1 Å². The predicted octanol–water partition coefficient (Wildman–Crippen LogP) is 4.72. The molecule has 1 saturated carbocycles. The van der Waals surface area contributed by atoms with Gasteiger partial charge in [0.25, 0.3) is 0 Å². The number of fused-ring (bicyclic) bond motifs is 1. The number of unbranched alkanes of at least 4 members (excludes halogenated alkanes) is 4. The minimum atomic E-state index is 0.257. The number of likely N-dealkylation sites (tertiary alicyclic amines) is 1. The van der Waals surface area contributed by atoms with Crippen molar-refractivity contribution in [3.8, 4) is 0 Å². The molecule has 2 aliphatic rings. The summed E-state index contributed by atoms with van der Waals surface area (Å²) in [6, 6.07) is 0.844. The van der Waals surface area contributed by atoms with Gasteiger partial charge in [0, 0.05) is 18.1 Å². The molecule has 2 heteroatoms. The predicted molar refractivity (Wildman–Crippen MR) is 92.5 cm³/mol. The van der Waals surface area contributed by atoms with Crippen LogP contribution in [0.2, 0.25) is 0 Å². The van der Waals surface area contributed by atoms with E-state index in [9.17, 15) is 0 Å². The fourth-order valence-electron chi connectivity index (χ4n) is 4.77. The van der Waals surface area contributed by atoms with E-state index < -0.39 is 0 Å². The van der Waals surface area contributed by atoms with Crippen molar-refractivity contribution in [2.45, 2.75) is 102 Å². The van der Waals surface area contributed by atoms with E-state index in [2.05, 4.69) is 18.7 Å². The van der Waals surface area contributed by atoms with Crippen molar-refractivity contribution in [2.24, 2.45) is 11.7 Å². The van der Waals surface area contributed by atoms with Crippen molar-refractivity contribution in [3.63, 3.8) is 0 Å². The second kappa shape index (κ2) is 8.53. The fraction of sp³-hybridized carbons (Fsp3) is 1.00. The third kappa shape index (κ3) is 4.45. The summed E-state index contributed by atoms with van der Waals surface area (Å²) < 4.78 is 0. The molecule has 2 N–H and O–H groups in total. The van der Waals surface area contributed by atoms with Gasteiger partial charge in [0.2, 0.25) is 0 Å². The first-order valence-electron chi connectivity index (χ1n) is 9.68. The maximum Gasteiger partial charge on any atom is 0.0306 e. The third-order valence-electron chi connectivity index (χ3n) is 6.20. The largest absolute Gasteiger partial charge is 0.329 e. The molecule has 0 amide bonds. The quantitative estimate of drug-likeness (QED) is 0.656. The Morgan fingerprint density at radius 2 is 1.71 bits per heavy atom. The normalized spacial score (nSPS) is 29.9. The van der Waals surface area contributed by atoms with E-state index in [1.807, 2.05) is 0 Å². The molecule has 0 aromatic rings. The van der Waals surface area contributed by atoms with Crippen molar-refractivity contribution < 1.29 is 0 Å². The lowest BCUT2D eigenvalue weighted by Crippen LogP contribution is -2.60. The van der Waals surface area contributed by atoms with Crippen LogP contribution in [0, 0.1) is 5.92 Å². The van der Waals surface area contributed by atoms with Crippen LogP contribution >= 0.6 is 0 Å². The van der Waals surface area contributed by atoms with Crippen LogP contribution in [0.4, 0.5) is 0 Å². The summed E-state index contributed by atoms with van der Waals surface area (Å²) in [5, 5.41) is 0. The highest BCUT2D eigenvalue weighted by molar-refractivity contribution is 4.97. The molecule has 124 valence electrons. The standard InChI is InChI=1S/C19H38N2/c1-3-4-5-6-9-14-19(2,16-20)21-15-10-12-17-11-7-8-13-18(17)21/h17-18H,3-16,20H2,1-2H3. The van der Waals surface area contributed by atoms with Gasteiger partial charge in [-0.2, -0.15) is 0 Å². The molecule has 3 unspecified atom stereocenters. The van der Waals surface area contributed by atoms with Crippen molar-refractivity contribution >= 4 is 0 Å². The molecular formula is C19H38N2. The van der Waals surface area contributed by atoms with Crippen LogP contribution in [-0.2, 0) is 0 Å². The lowest BCUT2D eigenvalue weighted by Gasteiger charge is -2.52. The van der Waals surface area contributed by atoms with Gasteiger partial charge in [0.15, 0.2) is 0 Å². The van der Waals surface area contributed by atoms with E-state index in [4.69, 9.17) is 5.73 Å². The minimum Gasteiger partial charge on any atom is -0.329 e. The maximum absolute atomic E-state index is 6.26. The molecule has 1 aliphatic heterocycles. The van der Waals surface area contributed by atoms with E-state index in [0.29, 0.717) is 0 Å². The Morgan fingerprint density at radius 1 is 1.00 bits per heavy atom. The molecule has 2 rings (SSSR count). The van der Waals surface area contributed by atoms with Crippen LogP contribution in [0.25, 0.3) is 0 Å². The Labute approximate surface area is 132 Å². The number of hydrogen-bond acceptors (Lipinski definition) is 2. The van der Waals surface area contributed by atoms with E-state index in [-0.39, 0.29) is 5.54 Å².